The number of nitrogen functional groups attached to an aromatic ring is 1. The largest absolute Gasteiger partial charge is 0.387 e. The van der Waals surface area contributed by atoms with Gasteiger partial charge in [0.1, 0.15) is 30.3 Å². The van der Waals surface area contributed by atoms with Gasteiger partial charge in [-0.25, -0.2) is 9.18 Å². The van der Waals surface area contributed by atoms with Gasteiger partial charge in [0.25, 0.3) is 0 Å². The molecule has 1 aliphatic heterocycles. The van der Waals surface area contributed by atoms with E-state index in [1.165, 1.54) is 12.3 Å². The van der Waals surface area contributed by atoms with E-state index in [9.17, 15) is 19.4 Å². The first-order chi connectivity index (χ1) is 10.5. The van der Waals surface area contributed by atoms with Crippen LogP contribution >= 0.6 is 0 Å². The van der Waals surface area contributed by atoms with Crippen molar-refractivity contribution in [2.45, 2.75) is 63.3 Å². The van der Waals surface area contributed by atoms with Crippen molar-refractivity contribution in [2.24, 2.45) is 0 Å². The summed E-state index contributed by atoms with van der Waals surface area (Å²) in [6, 6.07) is 1.37. The molecule has 0 radical (unpaired) electrons. The Labute approximate surface area is 127 Å². The molecule has 5 atom stereocenters. The number of ether oxygens (including phenoxy) is 1. The summed E-state index contributed by atoms with van der Waals surface area (Å²) in [7, 11) is 0. The molecule has 1 fully saturated rings. The predicted molar refractivity (Wildman–Crippen MR) is 77.9 cm³/mol. The average Bonchev–Trinajstić information content (AvgIpc) is 2.76. The van der Waals surface area contributed by atoms with E-state index in [-0.39, 0.29) is 12.2 Å². The third-order valence-corrected chi connectivity index (χ3v) is 3.84. The number of hydrogen-bond acceptors (Lipinski definition) is 6. The van der Waals surface area contributed by atoms with Crippen LogP contribution in [-0.2, 0) is 4.74 Å². The van der Waals surface area contributed by atoms with Crippen LogP contribution in [-0.4, -0.2) is 44.2 Å². The topological polar surface area (TPSA) is 111 Å². The molecular weight excluding hydrogens is 293 g/mol. The fourth-order valence-electron chi connectivity index (χ4n) is 2.59. The second kappa shape index (κ2) is 7.17. The minimum atomic E-state index is -1.41. The number of aliphatic hydroxyl groups excluding tert-OH is 2. The first-order valence-electron chi connectivity index (χ1n) is 7.46. The highest BCUT2D eigenvalue weighted by Gasteiger charge is 2.47. The molecule has 8 heteroatoms. The van der Waals surface area contributed by atoms with E-state index in [0.29, 0.717) is 6.42 Å². The molecule has 1 aromatic rings. The van der Waals surface area contributed by atoms with Crippen molar-refractivity contribution >= 4 is 5.82 Å². The van der Waals surface area contributed by atoms with E-state index < -0.39 is 36.4 Å². The number of alkyl halides is 1. The molecule has 7 nitrogen and oxygen atoms in total. The Bertz CT molecular complexity index is 553. The SMILES string of the molecule is CCCCCC(F)[C@H]1O[C@@H](n2ccc(N)nc2=O)[C@H](O)[C@@H]1O. The summed E-state index contributed by atoms with van der Waals surface area (Å²) in [5.74, 6) is 0.0359. The number of nitrogens with zero attached hydrogens (tertiary/aromatic N) is 2. The number of halogens is 1. The van der Waals surface area contributed by atoms with Gasteiger partial charge in [0, 0.05) is 6.20 Å². The standard InChI is InChI=1S/C14H22FN3O4/c1-2-3-4-5-8(15)12-10(19)11(20)13(22-12)18-7-6-9(16)17-14(18)21/h6-8,10-13,19-20H,2-5H2,1H3,(H2,16,17,21)/t8?,10-,11+,12+,13+/m0/s1. The predicted octanol–water partition coefficient (Wildman–Crippen LogP) is 0.363. The first-order valence-corrected chi connectivity index (χ1v) is 7.46. The molecule has 4 N–H and O–H groups in total. The summed E-state index contributed by atoms with van der Waals surface area (Å²) in [5.41, 5.74) is 4.67. The van der Waals surface area contributed by atoms with E-state index in [2.05, 4.69) is 4.98 Å². The third kappa shape index (κ3) is 3.45. The van der Waals surface area contributed by atoms with Crippen molar-refractivity contribution in [2.75, 3.05) is 5.73 Å². The summed E-state index contributed by atoms with van der Waals surface area (Å²) in [6.45, 7) is 2.01. The minimum Gasteiger partial charge on any atom is -0.387 e. The lowest BCUT2D eigenvalue weighted by Crippen LogP contribution is -2.37. The van der Waals surface area contributed by atoms with Crippen LogP contribution in [0.2, 0.25) is 0 Å². The van der Waals surface area contributed by atoms with Gasteiger partial charge in [-0.2, -0.15) is 4.98 Å². The Morgan fingerprint density at radius 1 is 1.45 bits per heavy atom. The van der Waals surface area contributed by atoms with Gasteiger partial charge in [0.15, 0.2) is 6.23 Å². The van der Waals surface area contributed by atoms with E-state index in [1.807, 2.05) is 6.92 Å². The molecule has 1 aromatic heterocycles. The maximum Gasteiger partial charge on any atom is 0.351 e. The van der Waals surface area contributed by atoms with Crippen molar-refractivity contribution in [1.29, 1.82) is 0 Å². The Morgan fingerprint density at radius 3 is 2.82 bits per heavy atom. The van der Waals surface area contributed by atoms with Gasteiger partial charge in [-0.3, -0.25) is 4.57 Å². The number of anilines is 1. The first kappa shape index (κ1) is 16.9. The molecule has 1 saturated heterocycles. The summed E-state index contributed by atoms with van der Waals surface area (Å²) >= 11 is 0. The Morgan fingerprint density at radius 2 is 2.18 bits per heavy atom. The minimum absolute atomic E-state index is 0.0359. The summed E-state index contributed by atoms with van der Waals surface area (Å²) in [6.07, 6.45) is -2.49. The molecule has 0 saturated carbocycles. The Hall–Kier alpha value is -1.51. The monoisotopic (exact) mass is 315 g/mol. The lowest BCUT2D eigenvalue weighted by atomic mass is 10.0. The molecule has 0 aromatic carbocycles. The average molecular weight is 315 g/mol. The normalized spacial score (nSPS) is 29.6. The van der Waals surface area contributed by atoms with Crippen LogP contribution in [0.4, 0.5) is 10.2 Å². The van der Waals surface area contributed by atoms with E-state index in [4.69, 9.17) is 10.5 Å². The van der Waals surface area contributed by atoms with Crippen LogP contribution in [0, 0.1) is 0 Å². The van der Waals surface area contributed by atoms with E-state index >= 15 is 0 Å². The van der Waals surface area contributed by atoms with Crippen LogP contribution < -0.4 is 11.4 Å². The Kier molecular flexibility index (Phi) is 5.49. The molecule has 2 rings (SSSR count). The van der Waals surface area contributed by atoms with Crippen LogP contribution in [0.5, 0.6) is 0 Å². The fourth-order valence-corrected chi connectivity index (χ4v) is 2.59. The summed E-state index contributed by atoms with van der Waals surface area (Å²) in [4.78, 5) is 15.3. The van der Waals surface area contributed by atoms with Crippen LogP contribution in [0.15, 0.2) is 17.1 Å². The molecule has 0 bridgehead atoms. The smallest absolute Gasteiger partial charge is 0.351 e. The molecular formula is C14H22FN3O4. The lowest BCUT2D eigenvalue weighted by molar-refractivity contribution is -0.0668. The van der Waals surface area contributed by atoms with Gasteiger partial charge in [-0.1, -0.05) is 26.2 Å². The molecule has 0 aliphatic carbocycles. The molecule has 124 valence electrons. The number of unbranched alkanes of at least 4 members (excludes halogenated alkanes) is 2. The van der Waals surface area contributed by atoms with Gasteiger partial charge in [-0.15, -0.1) is 0 Å². The van der Waals surface area contributed by atoms with Gasteiger partial charge in [0.05, 0.1) is 0 Å². The molecule has 0 amide bonds. The maximum atomic E-state index is 14.2. The fraction of sp³-hybridized carbons (Fsp3) is 0.714. The lowest BCUT2D eigenvalue weighted by Gasteiger charge is -2.19. The number of nitrogens with two attached hydrogens (primary N) is 1. The van der Waals surface area contributed by atoms with Crippen LogP contribution in [0.1, 0.15) is 38.8 Å². The van der Waals surface area contributed by atoms with Gasteiger partial charge < -0.3 is 20.7 Å². The number of aromatic nitrogens is 2. The van der Waals surface area contributed by atoms with Crippen LogP contribution in [0.25, 0.3) is 0 Å². The van der Waals surface area contributed by atoms with Crippen molar-refractivity contribution in [3.05, 3.63) is 22.7 Å². The zero-order valence-corrected chi connectivity index (χ0v) is 12.4. The highest BCUT2D eigenvalue weighted by atomic mass is 19.1. The van der Waals surface area contributed by atoms with Crippen molar-refractivity contribution in [1.82, 2.24) is 9.55 Å². The number of hydrogen-bond donors (Lipinski definition) is 3. The van der Waals surface area contributed by atoms with Gasteiger partial charge in [-0.05, 0) is 12.5 Å². The van der Waals surface area contributed by atoms with Crippen molar-refractivity contribution < 1.29 is 19.3 Å². The Balaban J connectivity index is 2.11. The molecule has 2 heterocycles. The highest BCUT2D eigenvalue weighted by Crippen LogP contribution is 2.32. The molecule has 0 spiro atoms. The van der Waals surface area contributed by atoms with Crippen molar-refractivity contribution in [3.8, 4) is 0 Å². The molecule has 1 unspecified atom stereocenters. The second-order valence-electron chi connectivity index (χ2n) is 5.53. The quantitative estimate of drug-likeness (QED) is 0.654. The van der Waals surface area contributed by atoms with Crippen LogP contribution in [0.3, 0.4) is 0 Å². The highest BCUT2D eigenvalue weighted by molar-refractivity contribution is 5.23. The second-order valence-corrected chi connectivity index (χ2v) is 5.53. The third-order valence-electron chi connectivity index (χ3n) is 3.84. The zero-order valence-electron chi connectivity index (χ0n) is 12.4. The van der Waals surface area contributed by atoms with E-state index in [0.717, 1.165) is 17.4 Å². The van der Waals surface area contributed by atoms with Crippen molar-refractivity contribution in [3.63, 3.8) is 0 Å². The number of rotatable bonds is 6. The summed E-state index contributed by atoms with van der Waals surface area (Å²) in [5, 5.41) is 20.0. The van der Waals surface area contributed by atoms with Gasteiger partial charge >= 0.3 is 5.69 Å². The maximum absolute atomic E-state index is 14.2. The molecule has 22 heavy (non-hydrogen) atoms. The summed E-state index contributed by atoms with van der Waals surface area (Å²) < 4.78 is 20.6. The number of aliphatic hydroxyl groups is 2. The van der Waals surface area contributed by atoms with Gasteiger partial charge in [0.2, 0.25) is 0 Å². The van der Waals surface area contributed by atoms with E-state index in [1.54, 1.807) is 0 Å². The zero-order chi connectivity index (χ0) is 16.3. The molecule has 1 aliphatic rings.